The molecular formula is C14H14ClF3O. The molecule has 1 aromatic carbocycles. The van der Waals surface area contributed by atoms with E-state index in [-0.39, 0.29) is 48.8 Å². The summed E-state index contributed by atoms with van der Waals surface area (Å²) < 4.78 is 39.0. The highest BCUT2D eigenvalue weighted by molar-refractivity contribution is 6.30. The Morgan fingerprint density at radius 3 is 2.53 bits per heavy atom. The number of hydrogen-bond donors (Lipinski definition) is 0. The van der Waals surface area contributed by atoms with Crippen LogP contribution in [0.25, 0.3) is 0 Å². The van der Waals surface area contributed by atoms with E-state index in [1.807, 2.05) is 0 Å². The average molecular weight is 291 g/mol. The van der Waals surface area contributed by atoms with Crippen LogP contribution in [-0.4, -0.2) is 11.7 Å². The highest BCUT2D eigenvalue weighted by Crippen LogP contribution is 2.36. The first-order valence-electron chi connectivity index (χ1n) is 6.22. The minimum absolute atomic E-state index is 0.0273. The van der Waals surface area contributed by atoms with Crippen molar-refractivity contribution in [1.82, 2.24) is 0 Å². The summed E-state index contributed by atoms with van der Waals surface area (Å²) in [6, 6.07) is 4.11. The van der Waals surface area contributed by atoms with E-state index in [2.05, 4.69) is 0 Å². The third kappa shape index (κ3) is 3.72. The van der Waals surface area contributed by atoms with Gasteiger partial charge in [0.1, 0.15) is 11.6 Å². The lowest BCUT2D eigenvalue weighted by Gasteiger charge is -2.27. The van der Waals surface area contributed by atoms with Gasteiger partial charge < -0.3 is 0 Å². The standard InChI is InChI=1S/C14H14ClF3O/c15-11-7-9(1-2-12(11)16)8-13(19)10-3-5-14(17,18)6-4-10/h1-2,7,10H,3-6,8H2. The fourth-order valence-corrected chi connectivity index (χ4v) is 2.56. The van der Waals surface area contributed by atoms with Crippen molar-refractivity contribution in [3.8, 4) is 0 Å². The summed E-state index contributed by atoms with van der Waals surface area (Å²) in [4.78, 5) is 12.0. The van der Waals surface area contributed by atoms with Crippen LogP contribution in [0.2, 0.25) is 5.02 Å². The molecule has 104 valence electrons. The molecule has 1 aliphatic carbocycles. The maximum atomic E-state index is 13.0. The molecule has 0 atom stereocenters. The van der Waals surface area contributed by atoms with Crippen LogP contribution in [0.4, 0.5) is 13.2 Å². The van der Waals surface area contributed by atoms with Gasteiger partial charge in [-0.15, -0.1) is 0 Å². The smallest absolute Gasteiger partial charge is 0.248 e. The molecule has 0 saturated heterocycles. The Kier molecular flexibility index (Phi) is 4.19. The molecule has 0 N–H and O–H groups in total. The second-order valence-electron chi connectivity index (χ2n) is 5.02. The zero-order valence-electron chi connectivity index (χ0n) is 10.3. The third-order valence-corrected chi connectivity index (χ3v) is 3.82. The van der Waals surface area contributed by atoms with E-state index in [0.29, 0.717) is 5.56 Å². The maximum Gasteiger partial charge on any atom is 0.248 e. The van der Waals surface area contributed by atoms with Gasteiger partial charge in [-0.05, 0) is 30.5 Å². The molecule has 1 aliphatic rings. The van der Waals surface area contributed by atoms with E-state index in [1.54, 1.807) is 0 Å². The Labute approximate surface area is 114 Å². The van der Waals surface area contributed by atoms with Crippen molar-refractivity contribution in [3.63, 3.8) is 0 Å². The first kappa shape index (κ1) is 14.4. The monoisotopic (exact) mass is 290 g/mol. The number of carbonyl (C=O) groups excluding carboxylic acids is 1. The molecule has 0 bridgehead atoms. The Morgan fingerprint density at radius 1 is 1.32 bits per heavy atom. The number of rotatable bonds is 3. The van der Waals surface area contributed by atoms with Crippen LogP contribution < -0.4 is 0 Å². The van der Waals surface area contributed by atoms with Crippen molar-refractivity contribution >= 4 is 17.4 Å². The van der Waals surface area contributed by atoms with Gasteiger partial charge in [0.05, 0.1) is 5.02 Å². The zero-order chi connectivity index (χ0) is 14.0. The highest BCUT2D eigenvalue weighted by atomic mass is 35.5. The number of ketones is 1. The first-order valence-corrected chi connectivity index (χ1v) is 6.60. The summed E-state index contributed by atoms with van der Waals surface area (Å²) in [6.07, 6.45) is 0.110. The van der Waals surface area contributed by atoms with Gasteiger partial charge in [0.2, 0.25) is 5.92 Å². The summed E-state index contributed by atoms with van der Waals surface area (Å²) in [5.41, 5.74) is 0.619. The zero-order valence-corrected chi connectivity index (χ0v) is 11.0. The second-order valence-corrected chi connectivity index (χ2v) is 5.43. The molecule has 1 nitrogen and oxygen atoms in total. The Bertz CT molecular complexity index is 478. The van der Waals surface area contributed by atoms with Crippen molar-refractivity contribution in [2.75, 3.05) is 0 Å². The number of hydrogen-bond acceptors (Lipinski definition) is 1. The van der Waals surface area contributed by atoms with E-state index >= 15 is 0 Å². The van der Waals surface area contributed by atoms with Crippen LogP contribution in [0.3, 0.4) is 0 Å². The van der Waals surface area contributed by atoms with Crippen molar-refractivity contribution < 1.29 is 18.0 Å². The molecule has 0 amide bonds. The third-order valence-electron chi connectivity index (χ3n) is 3.53. The Morgan fingerprint density at radius 2 is 1.95 bits per heavy atom. The molecule has 19 heavy (non-hydrogen) atoms. The lowest BCUT2D eigenvalue weighted by molar-refractivity contribution is -0.126. The van der Waals surface area contributed by atoms with Gasteiger partial charge in [0.15, 0.2) is 0 Å². The summed E-state index contributed by atoms with van der Waals surface area (Å²) in [7, 11) is 0. The Hall–Kier alpha value is -1.03. The van der Waals surface area contributed by atoms with Crippen LogP contribution in [0.1, 0.15) is 31.2 Å². The average Bonchev–Trinajstić information content (AvgIpc) is 2.33. The number of carbonyl (C=O) groups is 1. The summed E-state index contributed by atoms with van der Waals surface area (Å²) >= 11 is 5.63. The molecule has 0 radical (unpaired) electrons. The SMILES string of the molecule is O=C(Cc1ccc(F)c(Cl)c1)C1CCC(F)(F)CC1. The number of benzene rings is 1. The van der Waals surface area contributed by atoms with Crippen LogP contribution in [0.5, 0.6) is 0 Å². The van der Waals surface area contributed by atoms with Crippen LogP contribution in [0, 0.1) is 11.7 Å². The second kappa shape index (κ2) is 5.53. The largest absolute Gasteiger partial charge is 0.299 e. The molecule has 0 heterocycles. The van der Waals surface area contributed by atoms with Crippen molar-refractivity contribution in [1.29, 1.82) is 0 Å². The molecule has 2 rings (SSSR count). The van der Waals surface area contributed by atoms with E-state index in [1.165, 1.54) is 18.2 Å². The molecule has 1 aromatic rings. The fraction of sp³-hybridized carbons (Fsp3) is 0.500. The van der Waals surface area contributed by atoms with E-state index in [4.69, 9.17) is 11.6 Å². The van der Waals surface area contributed by atoms with Gasteiger partial charge in [0.25, 0.3) is 0 Å². The normalized spacial score (nSPS) is 19.4. The van der Waals surface area contributed by atoms with E-state index in [9.17, 15) is 18.0 Å². The van der Waals surface area contributed by atoms with Gasteiger partial charge in [0, 0.05) is 25.2 Å². The lowest BCUT2D eigenvalue weighted by atomic mass is 9.82. The minimum Gasteiger partial charge on any atom is -0.299 e. The Balaban J connectivity index is 1.96. The predicted octanol–water partition coefficient (Wildman–Crippen LogP) is 4.42. The predicted molar refractivity (Wildman–Crippen MR) is 67.0 cm³/mol. The van der Waals surface area contributed by atoms with Gasteiger partial charge in [-0.2, -0.15) is 0 Å². The molecule has 5 heteroatoms. The van der Waals surface area contributed by atoms with Crippen molar-refractivity contribution in [3.05, 3.63) is 34.6 Å². The molecule has 0 unspecified atom stereocenters. The molecule has 1 saturated carbocycles. The highest BCUT2D eigenvalue weighted by Gasteiger charge is 2.37. The molecule has 1 fully saturated rings. The van der Waals surface area contributed by atoms with Gasteiger partial charge in [-0.3, -0.25) is 4.79 Å². The fourth-order valence-electron chi connectivity index (χ4n) is 2.36. The van der Waals surface area contributed by atoms with Gasteiger partial charge in [-0.25, -0.2) is 13.2 Å². The molecule has 0 spiro atoms. The quantitative estimate of drug-likeness (QED) is 0.805. The van der Waals surface area contributed by atoms with Crippen LogP contribution in [0.15, 0.2) is 18.2 Å². The van der Waals surface area contributed by atoms with E-state index < -0.39 is 11.7 Å². The van der Waals surface area contributed by atoms with Gasteiger partial charge in [-0.1, -0.05) is 17.7 Å². The number of alkyl halides is 2. The molecule has 0 aliphatic heterocycles. The number of halogens is 4. The first-order chi connectivity index (χ1) is 8.87. The topological polar surface area (TPSA) is 17.1 Å². The summed E-state index contributed by atoms with van der Waals surface area (Å²) in [5, 5.41) is -0.0273. The maximum absolute atomic E-state index is 13.0. The summed E-state index contributed by atoms with van der Waals surface area (Å²) in [5.74, 6) is -3.55. The molecular weight excluding hydrogens is 277 g/mol. The summed E-state index contributed by atoms with van der Waals surface area (Å²) in [6.45, 7) is 0. The van der Waals surface area contributed by atoms with E-state index in [0.717, 1.165) is 0 Å². The van der Waals surface area contributed by atoms with Crippen LogP contribution >= 0.6 is 11.6 Å². The number of Topliss-reactive ketones (excluding diaryl/α,β-unsaturated/α-hetero) is 1. The molecule has 0 aromatic heterocycles. The van der Waals surface area contributed by atoms with Crippen LogP contribution in [-0.2, 0) is 11.2 Å². The van der Waals surface area contributed by atoms with Crippen molar-refractivity contribution in [2.24, 2.45) is 5.92 Å². The van der Waals surface area contributed by atoms with Gasteiger partial charge >= 0.3 is 0 Å². The van der Waals surface area contributed by atoms with Crippen molar-refractivity contribution in [2.45, 2.75) is 38.0 Å². The lowest BCUT2D eigenvalue weighted by Crippen LogP contribution is -2.29. The minimum atomic E-state index is -2.63.